The van der Waals surface area contributed by atoms with Gasteiger partial charge < -0.3 is 19.7 Å². The Bertz CT molecular complexity index is 780. The van der Waals surface area contributed by atoms with Crippen molar-refractivity contribution < 1.29 is 17.9 Å². The van der Waals surface area contributed by atoms with E-state index < -0.39 is 14.6 Å². The first kappa shape index (κ1) is 21.1. The zero-order valence-corrected chi connectivity index (χ0v) is 18.5. The molecule has 0 unspecified atom stereocenters. The predicted molar refractivity (Wildman–Crippen MR) is 112 cm³/mol. The summed E-state index contributed by atoms with van der Waals surface area (Å²) in [6.45, 7) is 7.91. The number of ether oxygens (including phenoxy) is 2. The summed E-state index contributed by atoms with van der Waals surface area (Å²) in [5, 5.41) is 3.27. The highest BCUT2D eigenvalue weighted by molar-refractivity contribution is 14.0. The van der Waals surface area contributed by atoms with Gasteiger partial charge in [-0.05, 0) is 38.5 Å². The average molecular weight is 495 g/mol. The van der Waals surface area contributed by atoms with Gasteiger partial charge in [-0.15, -0.1) is 24.0 Å². The second kappa shape index (κ2) is 8.20. The quantitative estimate of drug-likeness (QED) is 0.393. The van der Waals surface area contributed by atoms with Crippen molar-refractivity contribution in [1.29, 1.82) is 0 Å². The number of benzene rings is 1. The zero-order valence-electron chi connectivity index (χ0n) is 15.3. The van der Waals surface area contributed by atoms with E-state index in [1.807, 2.05) is 30.0 Å². The molecule has 0 bridgehead atoms. The van der Waals surface area contributed by atoms with Crippen LogP contribution in [0.3, 0.4) is 0 Å². The molecular weight excluding hydrogens is 469 g/mol. The minimum absolute atomic E-state index is 0. The molecule has 0 aliphatic carbocycles. The van der Waals surface area contributed by atoms with Crippen LogP contribution in [0.4, 0.5) is 0 Å². The van der Waals surface area contributed by atoms with Crippen molar-refractivity contribution in [1.82, 2.24) is 10.2 Å². The largest absolute Gasteiger partial charge is 0.454 e. The van der Waals surface area contributed by atoms with Gasteiger partial charge in [-0.25, -0.2) is 13.4 Å². The fraction of sp³-hybridized carbons (Fsp3) is 0.588. The van der Waals surface area contributed by atoms with Gasteiger partial charge in [0.05, 0.1) is 17.0 Å². The van der Waals surface area contributed by atoms with E-state index in [0.717, 1.165) is 29.6 Å². The summed E-state index contributed by atoms with van der Waals surface area (Å²) in [7, 11) is -3.07. The van der Waals surface area contributed by atoms with Crippen LogP contribution in [0.15, 0.2) is 23.2 Å². The summed E-state index contributed by atoms with van der Waals surface area (Å²) in [5.41, 5.74) is 1.02. The number of fused-ring (bicyclic) bond motifs is 1. The maximum atomic E-state index is 12.2. The van der Waals surface area contributed by atoms with Gasteiger partial charge in [0.1, 0.15) is 0 Å². The lowest BCUT2D eigenvalue weighted by Gasteiger charge is -2.39. The fourth-order valence-electron chi connectivity index (χ4n) is 2.96. The van der Waals surface area contributed by atoms with Gasteiger partial charge >= 0.3 is 0 Å². The van der Waals surface area contributed by atoms with Crippen LogP contribution in [0.1, 0.15) is 26.3 Å². The van der Waals surface area contributed by atoms with Gasteiger partial charge in [-0.1, -0.05) is 6.07 Å². The van der Waals surface area contributed by atoms with Crippen molar-refractivity contribution in [3.05, 3.63) is 23.8 Å². The van der Waals surface area contributed by atoms with E-state index in [2.05, 4.69) is 10.3 Å². The molecule has 146 valence electrons. The molecule has 0 saturated carbocycles. The van der Waals surface area contributed by atoms with Crippen LogP contribution >= 0.6 is 24.0 Å². The van der Waals surface area contributed by atoms with Crippen molar-refractivity contribution in [3.63, 3.8) is 0 Å². The first-order valence-corrected chi connectivity index (χ1v) is 10.1. The van der Waals surface area contributed by atoms with Crippen molar-refractivity contribution >= 4 is 39.8 Å². The molecule has 0 spiro atoms. The summed E-state index contributed by atoms with van der Waals surface area (Å²) in [5.74, 6) is 2.38. The molecule has 2 heterocycles. The Morgan fingerprint density at radius 1 is 1.31 bits per heavy atom. The zero-order chi connectivity index (χ0) is 18.1. The van der Waals surface area contributed by atoms with E-state index in [4.69, 9.17) is 9.47 Å². The van der Waals surface area contributed by atoms with Gasteiger partial charge in [-0.2, -0.15) is 0 Å². The SMILES string of the molecule is CCNC(=NCc1ccc2c(c1)OCO2)N1CCS(=O)(=O)C(C)(C)C1.I. The fourth-order valence-corrected chi connectivity index (χ4v) is 4.32. The standard InChI is InChI=1S/C17H25N3O4S.HI/c1-4-18-16(20-7-8-25(21,22)17(2,3)11-20)19-10-13-5-6-14-15(9-13)24-12-23-14;/h5-6,9H,4,7-8,10-12H2,1-3H3,(H,18,19);1H. The molecular formula is C17H26IN3O4S. The van der Waals surface area contributed by atoms with Crippen molar-refractivity contribution in [2.75, 3.05) is 32.2 Å². The molecule has 2 aliphatic heterocycles. The molecule has 0 atom stereocenters. The Kier molecular flexibility index (Phi) is 6.65. The molecule has 1 saturated heterocycles. The Morgan fingerprint density at radius 3 is 2.73 bits per heavy atom. The molecule has 7 nitrogen and oxygen atoms in total. The number of nitrogens with one attached hydrogen (secondary N) is 1. The third-order valence-electron chi connectivity index (χ3n) is 4.53. The van der Waals surface area contributed by atoms with E-state index in [9.17, 15) is 8.42 Å². The molecule has 1 fully saturated rings. The third kappa shape index (κ3) is 4.36. The molecule has 3 rings (SSSR count). The Balaban J connectivity index is 0.00000243. The Labute approximate surface area is 172 Å². The highest BCUT2D eigenvalue weighted by Crippen LogP contribution is 2.32. The summed E-state index contributed by atoms with van der Waals surface area (Å²) in [6, 6.07) is 5.78. The predicted octanol–water partition coefficient (Wildman–Crippen LogP) is 2.01. The van der Waals surface area contributed by atoms with Crippen molar-refractivity contribution in [2.45, 2.75) is 32.1 Å². The van der Waals surface area contributed by atoms with Crippen molar-refractivity contribution in [3.8, 4) is 11.5 Å². The highest BCUT2D eigenvalue weighted by atomic mass is 127. The molecule has 0 aromatic heterocycles. The lowest BCUT2D eigenvalue weighted by atomic mass is 10.2. The average Bonchev–Trinajstić information content (AvgIpc) is 3.02. The molecule has 0 amide bonds. The second-order valence-electron chi connectivity index (χ2n) is 6.86. The third-order valence-corrected chi connectivity index (χ3v) is 7.06. The minimum atomic E-state index is -3.07. The Morgan fingerprint density at radius 2 is 2.04 bits per heavy atom. The molecule has 1 aromatic rings. The van der Waals surface area contributed by atoms with Crippen LogP contribution < -0.4 is 14.8 Å². The maximum absolute atomic E-state index is 12.2. The smallest absolute Gasteiger partial charge is 0.231 e. The first-order chi connectivity index (χ1) is 11.8. The monoisotopic (exact) mass is 495 g/mol. The van der Waals surface area contributed by atoms with E-state index >= 15 is 0 Å². The minimum Gasteiger partial charge on any atom is -0.454 e. The maximum Gasteiger partial charge on any atom is 0.231 e. The molecule has 1 N–H and O–H groups in total. The summed E-state index contributed by atoms with van der Waals surface area (Å²) in [4.78, 5) is 6.71. The van der Waals surface area contributed by atoms with Crippen LogP contribution in [-0.4, -0.2) is 56.2 Å². The number of halogens is 1. The normalized spacial score (nSPS) is 20.4. The second-order valence-corrected chi connectivity index (χ2v) is 9.60. The van der Waals surface area contributed by atoms with E-state index in [1.54, 1.807) is 13.8 Å². The van der Waals surface area contributed by atoms with E-state index in [0.29, 0.717) is 19.6 Å². The topological polar surface area (TPSA) is 80.2 Å². The highest BCUT2D eigenvalue weighted by Gasteiger charge is 2.40. The number of guanidine groups is 1. The summed E-state index contributed by atoms with van der Waals surface area (Å²) in [6.07, 6.45) is 0. The number of hydrogen-bond acceptors (Lipinski definition) is 5. The van der Waals surface area contributed by atoms with E-state index in [-0.39, 0.29) is 36.5 Å². The lowest BCUT2D eigenvalue weighted by Crippen LogP contribution is -2.57. The Hall–Kier alpha value is -1.23. The molecule has 2 aliphatic rings. The summed E-state index contributed by atoms with van der Waals surface area (Å²) >= 11 is 0. The molecule has 9 heteroatoms. The van der Waals surface area contributed by atoms with Crippen LogP contribution in [-0.2, 0) is 16.4 Å². The number of aliphatic imine (C=N–C) groups is 1. The number of hydrogen-bond donors (Lipinski definition) is 1. The number of nitrogens with zero attached hydrogens (tertiary/aromatic N) is 2. The first-order valence-electron chi connectivity index (χ1n) is 8.46. The summed E-state index contributed by atoms with van der Waals surface area (Å²) < 4.78 is 34.3. The van der Waals surface area contributed by atoms with Gasteiger partial charge in [0.25, 0.3) is 0 Å². The van der Waals surface area contributed by atoms with Crippen LogP contribution in [0.25, 0.3) is 0 Å². The van der Waals surface area contributed by atoms with Crippen molar-refractivity contribution in [2.24, 2.45) is 4.99 Å². The molecule has 1 aromatic carbocycles. The van der Waals surface area contributed by atoms with Gasteiger partial charge in [-0.3, -0.25) is 0 Å². The van der Waals surface area contributed by atoms with Gasteiger partial charge in [0.2, 0.25) is 6.79 Å². The molecule has 26 heavy (non-hydrogen) atoms. The van der Waals surface area contributed by atoms with Crippen LogP contribution in [0.5, 0.6) is 11.5 Å². The number of sulfone groups is 1. The lowest BCUT2D eigenvalue weighted by molar-refractivity contribution is 0.174. The van der Waals surface area contributed by atoms with Crippen LogP contribution in [0.2, 0.25) is 0 Å². The van der Waals surface area contributed by atoms with Crippen LogP contribution in [0, 0.1) is 0 Å². The number of rotatable bonds is 3. The van der Waals surface area contributed by atoms with Gasteiger partial charge in [0, 0.05) is 19.6 Å². The van der Waals surface area contributed by atoms with E-state index in [1.165, 1.54) is 0 Å². The molecule has 0 radical (unpaired) electrons. The van der Waals surface area contributed by atoms with Gasteiger partial charge in [0.15, 0.2) is 27.3 Å².